The number of para-hydroxylation sites is 3. The number of phenolic OH excluding ortho intramolecular Hbond substituents is 3. The summed E-state index contributed by atoms with van der Waals surface area (Å²) in [6.45, 7) is 16.0. The number of rotatable bonds is 0. The zero-order valence-corrected chi connectivity index (χ0v) is 32.6. The summed E-state index contributed by atoms with van der Waals surface area (Å²) in [4.78, 5) is 0. The molecule has 3 heteroatoms. The quantitative estimate of drug-likeness (QED) is 0.220. The highest BCUT2D eigenvalue weighted by atomic mass is 16.3. The second-order valence-corrected chi connectivity index (χ2v) is 13.2. The van der Waals surface area contributed by atoms with E-state index in [0.29, 0.717) is 17.2 Å². The van der Waals surface area contributed by atoms with E-state index in [-0.39, 0.29) is 7.43 Å². The number of aromatic hydroxyl groups is 3. The van der Waals surface area contributed by atoms with Crippen molar-refractivity contribution in [2.75, 3.05) is 0 Å². The molecule has 3 nitrogen and oxygen atoms in total. The largest absolute Gasteiger partial charge is 0.508 e. The Morgan fingerprint density at radius 2 is 0.540 bits per heavy atom. The third-order valence-corrected chi connectivity index (χ3v) is 11.0. The first-order valence-electron chi connectivity index (χ1n) is 20.3. The third-order valence-electron chi connectivity index (χ3n) is 11.0. The summed E-state index contributed by atoms with van der Waals surface area (Å²) in [6.07, 6.45) is 19.1. The van der Waals surface area contributed by atoms with E-state index in [1.165, 1.54) is 47.3 Å². The van der Waals surface area contributed by atoms with Gasteiger partial charge in [0, 0.05) is 0 Å². The van der Waals surface area contributed by atoms with Gasteiger partial charge in [-0.1, -0.05) is 130 Å². The Morgan fingerprint density at radius 1 is 0.340 bits per heavy atom. The van der Waals surface area contributed by atoms with Gasteiger partial charge in [-0.05, 0) is 148 Å². The fourth-order valence-corrected chi connectivity index (χ4v) is 9.32. The summed E-state index contributed by atoms with van der Waals surface area (Å²) in [6, 6.07) is 26.1. The normalized spacial score (nSPS) is 27.1. The average molecular weight is 691 g/mol. The molecule has 0 radical (unpaired) electrons. The number of benzene rings is 3. The van der Waals surface area contributed by atoms with Crippen LogP contribution in [0.2, 0.25) is 0 Å². The zero-order chi connectivity index (χ0) is 36.4. The molecule has 0 aromatic heterocycles. The average Bonchev–Trinajstić information content (AvgIpc) is 4.03. The molecule has 284 valence electrons. The third kappa shape index (κ3) is 15.5. The van der Waals surface area contributed by atoms with E-state index in [1.54, 1.807) is 150 Å². The van der Waals surface area contributed by atoms with Crippen LogP contribution < -0.4 is 0 Å². The number of hydrogen-bond donors (Lipinski definition) is 3. The molecule has 6 aliphatic carbocycles. The van der Waals surface area contributed by atoms with Gasteiger partial charge < -0.3 is 15.3 Å². The second kappa shape index (κ2) is 28.7. The van der Waals surface area contributed by atoms with Crippen molar-refractivity contribution in [3.05, 3.63) is 91.0 Å². The number of fused-ring (bicyclic) bond motifs is 10. The predicted molar refractivity (Wildman–Crippen MR) is 220 cm³/mol. The fourth-order valence-electron chi connectivity index (χ4n) is 9.32. The van der Waals surface area contributed by atoms with Crippen LogP contribution >= 0.6 is 0 Å². The first kappa shape index (κ1) is 47.1. The zero-order valence-electron chi connectivity index (χ0n) is 32.6. The van der Waals surface area contributed by atoms with E-state index in [9.17, 15) is 0 Å². The monoisotopic (exact) mass is 691 g/mol. The van der Waals surface area contributed by atoms with Gasteiger partial charge in [-0.15, -0.1) is 0 Å². The standard InChI is InChI=1S/2C10H16.3C6H6O.4C2H6.CH4/c2*1-2-9-7-4-5-8(6-7)10(9)3-1;3*7-6-4-2-1-3-5-6;4*1-2;/h2*7-10H,1-6H2;3*1-5,7H;4*1-2H3;1H4. The maximum atomic E-state index is 8.63. The highest BCUT2D eigenvalue weighted by Crippen LogP contribution is 2.59. The molecule has 9 rings (SSSR count). The molecule has 0 spiro atoms. The van der Waals surface area contributed by atoms with Gasteiger partial charge in [0.2, 0.25) is 0 Å². The number of phenols is 3. The summed E-state index contributed by atoms with van der Waals surface area (Å²) < 4.78 is 0. The summed E-state index contributed by atoms with van der Waals surface area (Å²) in [7, 11) is 0. The summed E-state index contributed by atoms with van der Waals surface area (Å²) in [5.74, 6) is 10.6. The van der Waals surface area contributed by atoms with E-state index < -0.39 is 0 Å². The van der Waals surface area contributed by atoms with Crippen LogP contribution in [-0.4, -0.2) is 15.3 Å². The van der Waals surface area contributed by atoms with Crippen molar-refractivity contribution in [1.29, 1.82) is 0 Å². The van der Waals surface area contributed by atoms with E-state index in [1.807, 2.05) is 73.6 Å². The number of hydrogen-bond acceptors (Lipinski definition) is 3. The highest BCUT2D eigenvalue weighted by molar-refractivity contribution is 5.19. The SMILES string of the molecule is C.C1CC2C3CCC(C3)C2C1.C1CC2C3CCC(C3)C2C1.CC.CC.CC.CC.Oc1ccccc1.Oc1ccccc1.Oc1ccccc1. The van der Waals surface area contributed by atoms with Gasteiger partial charge in [-0.3, -0.25) is 0 Å². The van der Waals surface area contributed by atoms with Crippen LogP contribution in [0.3, 0.4) is 0 Å². The minimum absolute atomic E-state index is 0. The molecule has 6 saturated carbocycles. The van der Waals surface area contributed by atoms with E-state index in [4.69, 9.17) is 15.3 Å². The summed E-state index contributed by atoms with van der Waals surface area (Å²) >= 11 is 0. The molecule has 8 unspecified atom stereocenters. The predicted octanol–water partition coefficient (Wildman–Crippen LogP) is 14.6. The van der Waals surface area contributed by atoms with Crippen LogP contribution in [0, 0.1) is 47.3 Å². The van der Waals surface area contributed by atoms with Gasteiger partial charge in [0.25, 0.3) is 0 Å². The second-order valence-electron chi connectivity index (χ2n) is 13.2. The highest BCUT2D eigenvalue weighted by Gasteiger charge is 2.49. The Hall–Kier alpha value is -2.94. The van der Waals surface area contributed by atoms with E-state index >= 15 is 0 Å². The molecule has 6 aliphatic rings. The lowest BCUT2D eigenvalue weighted by atomic mass is 9.82. The fraction of sp³-hybridized carbons (Fsp3) is 0.617. The maximum Gasteiger partial charge on any atom is 0.115 e. The molecule has 0 heterocycles. The summed E-state index contributed by atoms with van der Waals surface area (Å²) in [5, 5.41) is 25.9. The molecule has 3 N–H and O–H groups in total. The first-order valence-corrected chi connectivity index (χ1v) is 20.3. The van der Waals surface area contributed by atoms with Crippen LogP contribution in [0.15, 0.2) is 91.0 Å². The molecule has 0 amide bonds. The van der Waals surface area contributed by atoms with Crippen LogP contribution in [0.4, 0.5) is 0 Å². The molecule has 3 aromatic carbocycles. The minimum Gasteiger partial charge on any atom is -0.508 e. The molecular formula is C47H78O3. The van der Waals surface area contributed by atoms with Gasteiger partial charge in [0.05, 0.1) is 0 Å². The van der Waals surface area contributed by atoms with Gasteiger partial charge >= 0.3 is 0 Å². The maximum absolute atomic E-state index is 8.63. The Labute approximate surface area is 310 Å². The minimum atomic E-state index is 0. The van der Waals surface area contributed by atoms with Crippen LogP contribution in [-0.2, 0) is 0 Å². The van der Waals surface area contributed by atoms with Crippen molar-refractivity contribution in [2.24, 2.45) is 47.3 Å². The molecule has 4 bridgehead atoms. The molecular weight excluding hydrogens is 613 g/mol. The van der Waals surface area contributed by atoms with Gasteiger partial charge in [0.1, 0.15) is 17.2 Å². The Balaban J connectivity index is 0.000000574. The van der Waals surface area contributed by atoms with Crippen molar-refractivity contribution >= 4 is 0 Å². The Morgan fingerprint density at radius 3 is 0.700 bits per heavy atom. The Kier molecular flexibility index (Phi) is 27.0. The van der Waals surface area contributed by atoms with Crippen molar-refractivity contribution in [2.45, 2.75) is 140 Å². The van der Waals surface area contributed by atoms with Crippen molar-refractivity contribution in [3.8, 4) is 17.2 Å². The van der Waals surface area contributed by atoms with Gasteiger partial charge in [-0.25, -0.2) is 0 Å². The Bertz CT molecular complexity index is 978. The van der Waals surface area contributed by atoms with Crippen molar-refractivity contribution < 1.29 is 15.3 Å². The summed E-state index contributed by atoms with van der Waals surface area (Å²) in [5.41, 5.74) is 0. The lowest BCUT2D eigenvalue weighted by Crippen LogP contribution is -2.15. The molecule has 6 fully saturated rings. The smallest absolute Gasteiger partial charge is 0.115 e. The van der Waals surface area contributed by atoms with E-state index in [0.717, 1.165) is 0 Å². The molecule has 3 aromatic rings. The van der Waals surface area contributed by atoms with Gasteiger partial charge in [-0.2, -0.15) is 0 Å². The van der Waals surface area contributed by atoms with Crippen LogP contribution in [0.25, 0.3) is 0 Å². The lowest BCUT2D eigenvalue weighted by molar-refractivity contribution is 0.259. The lowest BCUT2D eigenvalue weighted by Gasteiger charge is -2.23. The first-order chi connectivity index (χ1) is 24.1. The van der Waals surface area contributed by atoms with Gasteiger partial charge in [0.15, 0.2) is 0 Å². The van der Waals surface area contributed by atoms with Crippen LogP contribution in [0.5, 0.6) is 17.2 Å². The molecule has 8 atom stereocenters. The topological polar surface area (TPSA) is 60.7 Å². The molecule has 50 heavy (non-hydrogen) atoms. The van der Waals surface area contributed by atoms with Crippen molar-refractivity contribution in [1.82, 2.24) is 0 Å². The van der Waals surface area contributed by atoms with Crippen LogP contribution in [0.1, 0.15) is 140 Å². The molecule has 0 saturated heterocycles. The molecule has 0 aliphatic heterocycles. The van der Waals surface area contributed by atoms with E-state index in [2.05, 4.69) is 0 Å². The van der Waals surface area contributed by atoms with Crippen molar-refractivity contribution in [3.63, 3.8) is 0 Å².